The van der Waals surface area contributed by atoms with E-state index in [0.29, 0.717) is 12.3 Å². The van der Waals surface area contributed by atoms with Gasteiger partial charge in [0.2, 0.25) is 5.13 Å². The molecular formula is C13H19N3O2S. The molecule has 2 fully saturated rings. The van der Waals surface area contributed by atoms with E-state index in [-0.39, 0.29) is 0 Å². The van der Waals surface area contributed by atoms with Gasteiger partial charge in [0.15, 0.2) is 0 Å². The first kappa shape index (κ1) is 12.8. The van der Waals surface area contributed by atoms with Crippen LogP contribution in [0.3, 0.4) is 0 Å². The fraction of sp³-hybridized carbons (Fsp3) is 0.769. The molecule has 1 saturated heterocycles. The summed E-state index contributed by atoms with van der Waals surface area (Å²) in [6.07, 6.45) is 7.85. The minimum atomic E-state index is -0.744. The van der Waals surface area contributed by atoms with Crippen LogP contribution in [0.25, 0.3) is 0 Å². The van der Waals surface area contributed by atoms with Crippen molar-refractivity contribution in [2.24, 2.45) is 0 Å². The van der Waals surface area contributed by atoms with E-state index in [1.807, 2.05) is 4.90 Å². The number of aromatic nitrogens is 2. The standard InChI is InChI=1S/C13H19N3O2S/c17-12(18)10-7-4-8-16(10)13-14-11(15-19-13)9-5-2-1-3-6-9/h9-10H,1-8H2,(H,17,18)/t10-/m1/s1. The zero-order valence-corrected chi connectivity index (χ0v) is 11.7. The van der Waals surface area contributed by atoms with Crippen molar-refractivity contribution in [1.82, 2.24) is 9.36 Å². The molecule has 3 rings (SSSR count). The van der Waals surface area contributed by atoms with Crippen molar-refractivity contribution in [2.75, 3.05) is 11.4 Å². The third-order valence-corrected chi connectivity index (χ3v) is 4.95. The summed E-state index contributed by atoms with van der Waals surface area (Å²) in [5.74, 6) is 0.687. The van der Waals surface area contributed by atoms with Gasteiger partial charge in [-0.25, -0.2) is 9.78 Å². The van der Waals surface area contributed by atoms with Crippen LogP contribution in [-0.2, 0) is 4.79 Å². The van der Waals surface area contributed by atoms with Gasteiger partial charge in [0.05, 0.1) is 0 Å². The molecule has 1 saturated carbocycles. The summed E-state index contributed by atoms with van der Waals surface area (Å²) < 4.78 is 4.47. The normalized spacial score (nSPS) is 24.8. The first-order valence-corrected chi connectivity index (χ1v) is 7.86. The fourth-order valence-corrected chi connectivity index (χ4v) is 3.94. The number of hydrogen-bond acceptors (Lipinski definition) is 5. The predicted molar refractivity (Wildman–Crippen MR) is 73.7 cm³/mol. The Balaban J connectivity index is 1.75. The second-order valence-corrected chi connectivity index (χ2v) is 6.19. The molecule has 1 aromatic heterocycles. The molecule has 0 aromatic carbocycles. The highest BCUT2D eigenvalue weighted by atomic mass is 32.1. The molecule has 1 aliphatic carbocycles. The largest absolute Gasteiger partial charge is 0.480 e. The van der Waals surface area contributed by atoms with Gasteiger partial charge in [-0.15, -0.1) is 0 Å². The molecule has 5 nitrogen and oxygen atoms in total. The Labute approximate surface area is 116 Å². The lowest BCUT2D eigenvalue weighted by Gasteiger charge is -2.20. The lowest BCUT2D eigenvalue weighted by Crippen LogP contribution is -2.35. The van der Waals surface area contributed by atoms with Crippen molar-refractivity contribution < 1.29 is 9.90 Å². The molecule has 19 heavy (non-hydrogen) atoms. The number of nitrogens with zero attached hydrogens (tertiary/aromatic N) is 3. The highest BCUT2D eigenvalue weighted by molar-refractivity contribution is 7.09. The second kappa shape index (κ2) is 5.45. The maximum atomic E-state index is 11.2. The van der Waals surface area contributed by atoms with Crippen molar-refractivity contribution in [3.63, 3.8) is 0 Å². The summed E-state index contributed by atoms with van der Waals surface area (Å²) in [7, 11) is 0. The van der Waals surface area contributed by atoms with Crippen LogP contribution in [0, 0.1) is 0 Å². The van der Waals surface area contributed by atoms with Gasteiger partial charge in [-0.2, -0.15) is 4.37 Å². The average molecular weight is 281 g/mol. The SMILES string of the molecule is O=C(O)[C@H]1CCCN1c1nc(C2CCCCC2)ns1. The minimum absolute atomic E-state index is 0.410. The molecule has 0 unspecified atom stereocenters. The Morgan fingerprint density at radius 2 is 2.00 bits per heavy atom. The maximum absolute atomic E-state index is 11.2. The Bertz CT molecular complexity index is 456. The molecule has 1 atom stereocenters. The predicted octanol–water partition coefficient (Wildman–Crippen LogP) is 2.64. The minimum Gasteiger partial charge on any atom is -0.480 e. The monoisotopic (exact) mass is 281 g/mol. The molecule has 0 spiro atoms. The molecule has 104 valence electrons. The van der Waals surface area contributed by atoms with E-state index < -0.39 is 12.0 Å². The van der Waals surface area contributed by atoms with Crippen molar-refractivity contribution in [2.45, 2.75) is 56.9 Å². The molecule has 0 bridgehead atoms. The van der Waals surface area contributed by atoms with Crippen LogP contribution >= 0.6 is 11.5 Å². The maximum Gasteiger partial charge on any atom is 0.326 e. The lowest BCUT2D eigenvalue weighted by molar-refractivity contribution is -0.138. The van der Waals surface area contributed by atoms with Crippen LogP contribution in [-0.4, -0.2) is 33.0 Å². The second-order valence-electron chi connectivity index (χ2n) is 5.46. The molecule has 1 aliphatic heterocycles. The van der Waals surface area contributed by atoms with E-state index in [4.69, 9.17) is 0 Å². The van der Waals surface area contributed by atoms with Gasteiger partial charge in [0, 0.05) is 24.0 Å². The zero-order chi connectivity index (χ0) is 13.2. The van der Waals surface area contributed by atoms with Crippen LogP contribution in [0.15, 0.2) is 0 Å². The number of carboxylic acid groups (broad SMARTS) is 1. The smallest absolute Gasteiger partial charge is 0.326 e. The number of rotatable bonds is 3. The Kier molecular flexibility index (Phi) is 3.68. The van der Waals surface area contributed by atoms with Crippen LogP contribution in [0.4, 0.5) is 5.13 Å². The fourth-order valence-electron chi connectivity index (χ4n) is 3.12. The van der Waals surface area contributed by atoms with E-state index in [9.17, 15) is 9.90 Å². The van der Waals surface area contributed by atoms with Gasteiger partial charge < -0.3 is 10.0 Å². The number of hydrogen-bond donors (Lipinski definition) is 1. The summed E-state index contributed by atoms with van der Waals surface area (Å²) in [5.41, 5.74) is 0. The molecule has 1 aromatic rings. The van der Waals surface area contributed by atoms with E-state index >= 15 is 0 Å². The summed E-state index contributed by atoms with van der Waals surface area (Å²) in [6, 6.07) is -0.410. The quantitative estimate of drug-likeness (QED) is 0.922. The summed E-state index contributed by atoms with van der Waals surface area (Å²) in [5, 5.41) is 10.0. The van der Waals surface area contributed by atoms with Crippen molar-refractivity contribution in [3.8, 4) is 0 Å². The lowest BCUT2D eigenvalue weighted by atomic mass is 9.89. The topological polar surface area (TPSA) is 66.3 Å². The van der Waals surface area contributed by atoms with Crippen molar-refractivity contribution in [3.05, 3.63) is 5.82 Å². The molecule has 0 radical (unpaired) electrons. The summed E-state index contributed by atoms with van der Waals surface area (Å²) in [4.78, 5) is 17.7. The number of carboxylic acids is 1. The van der Waals surface area contributed by atoms with Gasteiger partial charge in [0.1, 0.15) is 11.9 Å². The van der Waals surface area contributed by atoms with Crippen LogP contribution in [0.5, 0.6) is 0 Å². The van der Waals surface area contributed by atoms with E-state index in [1.165, 1.54) is 43.6 Å². The van der Waals surface area contributed by atoms with Crippen LogP contribution in [0.1, 0.15) is 56.7 Å². The summed E-state index contributed by atoms with van der Waals surface area (Å²) in [6.45, 7) is 0.788. The van der Waals surface area contributed by atoms with Crippen LogP contribution < -0.4 is 4.90 Å². The average Bonchev–Trinajstić information content (AvgIpc) is 3.08. The first-order chi connectivity index (χ1) is 9.25. The van der Waals surface area contributed by atoms with Crippen molar-refractivity contribution >= 4 is 22.6 Å². The molecule has 0 amide bonds. The third-order valence-electron chi connectivity index (χ3n) is 4.18. The highest BCUT2D eigenvalue weighted by Crippen LogP contribution is 2.34. The molecule has 1 N–H and O–H groups in total. The molecule has 2 aliphatic rings. The highest BCUT2D eigenvalue weighted by Gasteiger charge is 2.33. The van der Waals surface area contributed by atoms with Gasteiger partial charge in [-0.05, 0) is 25.7 Å². The molecule has 6 heteroatoms. The Morgan fingerprint density at radius 1 is 1.21 bits per heavy atom. The van der Waals surface area contributed by atoms with E-state index in [1.54, 1.807) is 0 Å². The summed E-state index contributed by atoms with van der Waals surface area (Å²) >= 11 is 1.36. The van der Waals surface area contributed by atoms with Gasteiger partial charge in [-0.1, -0.05) is 19.3 Å². The van der Waals surface area contributed by atoms with Gasteiger partial charge >= 0.3 is 5.97 Å². The van der Waals surface area contributed by atoms with Gasteiger partial charge in [0.25, 0.3) is 0 Å². The van der Waals surface area contributed by atoms with Crippen molar-refractivity contribution in [1.29, 1.82) is 0 Å². The van der Waals surface area contributed by atoms with E-state index in [2.05, 4.69) is 9.36 Å². The molecule has 2 heterocycles. The Morgan fingerprint density at radius 3 is 2.74 bits per heavy atom. The number of carbonyl (C=O) groups is 1. The third kappa shape index (κ3) is 2.59. The van der Waals surface area contributed by atoms with Crippen LogP contribution in [0.2, 0.25) is 0 Å². The van der Waals surface area contributed by atoms with Gasteiger partial charge in [-0.3, -0.25) is 0 Å². The van der Waals surface area contributed by atoms with E-state index in [0.717, 1.165) is 23.9 Å². The Hall–Kier alpha value is -1.17. The molecular weight excluding hydrogens is 262 g/mol. The first-order valence-electron chi connectivity index (χ1n) is 7.09. The number of anilines is 1. The number of aliphatic carboxylic acids is 1. The zero-order valence-electron chi connectivity index (χ0n) is 10.9.